The van der Waals surface area contributed by atoms with E-state index < -0.39 is 5.97 Å². The Hall–Kier alpha value is -1.14. The molecule has 2 aliphatic carbocycles. The normalized spacial score (nSPS) is 23.5. The molecule has 6 heteroatoms. The van der Waals surface area contributed by atoms with Crippen molar-refractivity contribution in [1.82, 2.24) is 9.88 Å². The highest BCUT2D eigenvalue weighted by Gasteiger charge is 2.33. The molecule has 0 radical (unpaired) electrons. The highest BCUT2D eigenvalue weighted by Crippen LogP contribution is 2.44. The van der Waals surface area contributed by atoms with Gasteiger partial charge < -0.3 is 10.0 Å². The second kappa shape index (κ2) is 5.25. The highest BCUT2D eigenvalue weighted by atomic mass is 32.1. The molecule has 0 aromatic carbocycles. The van der Waals surface area contributed by atoms with E-state index in [0.29, 0.717) is 10.8 Å². The Morgan fingerprint density at radius 1 is 1.19 bits per heavy atom. The number of carbonyl (C=O) groups is 1. The lowest BCUT2D eigenvalue weighted by Gasteiger charge is -2.34. The summed E-state index contributed by atoms with van der Waals surface area (Å²) in [4.78, 5) is 21.3. The van der Waals surface area contributed by atoms with Gasteiger partial charge in [0, 0.05) is 38.6 Å². The van der Waals surface area contributed by atoms with Crippen molar-refractivity contribution in [1.29, 1.82) is 0 Å². The molecular formula is C15H21N3O2S. The van der Waals surface area contributed by atoms with Gasteiger partial charge in [0.25, 0.3) is 0 Å². The molecule has 1 aliphatic heterocycles. The van der Waals surface area contributed by atoms with Gasteiger partial charge in [-0.1, -0.05) is 11.3 Å². The van der Waals surface area contributed by atoms with Gasteiger partial charge in [-0.2, -0.15) is 0 Å². The Morgan fingerprint density at radius 3 is 2.48 bits per heavy atom. The molecule has 114 valence electrons. The number of aromatic carboxylic acids is 1. The first-order valence-corrected chi connectivity index (χ1v) is 8.73. The number of hydrogen-bond acceptors (Lipinski definition) is 5. The first-order chi connectivity index (χ1) is 10.2. The summed E-state index contributed by atoms with van der Waals surface area (Å²) in [6, 6.07) is 0. The summed E-state index contributed by atoms with van der Waals surface area (Å²) in [5.74, 6) is 0.529. The van der Waals surface area contributed by atoms with Gasteiger partial charge in [-0.3, -0.25) is 4.90 Å². The van der Waals surface area contributed by atoms with Gasteiger partial charge in [-0.15, -0.1) is 0 Å². The average molecular weight is 307 g/mol. The minimum atomic E-state index is -0.812. The fourth-order valence-corrected chi connectivity index (χ4v) is 4.07. The Balaban J connectivity index is 1.44. The lowest BCUT2D eigenvalue weighted by molar-refractivity contribution is 0.0700. The van der Waals surface area contributed by atoms with Crippen LogP contribution in [-0.4, -0.2) is 53.7 Å². The summed E-state index contributed by atoms with van der Waals surface area (Å²) in [6.45, 7) is 5.36. The van der Waals surface area contributed by atoms with Crippen LogP contribution in [0.1, 0.15) is 47.0 Å². The maximum atomic E-state index is 11.4. The summed E-state index contributed by atoms with van der Waals surface area (Å²) in [6.07, 6.45) is 5.00. The Labute approximate surface area is 128 Å². The summed E-state index contributed by atoms with van der Waals surface area (Å²) in [7, 11) is 0. The van der Waals surface area contributed by atoms with Crippen LogP contribution in [0.25, 0.3) is 0 Å². The van der Waals surface area contributed by atoms with Gasteiger partial charge in [0.1, 0.15) is 4.88 Å². The molecule has 2 heterocycles. The maximum Gasteiger partial charge on any atom is 0.347 e. The topological polar surface area (TPSA) is 56.7 Å². The van der Waals surface area contributed by atoms with Crippen LogP contribution in [-0.2, 0) is 0 Å². The lowest BCUT2D eigenvalue weighted by atomic mass is 10.2. The van der Waals surface area contributed by atoms with Crippen LogP contribution in [0.2, 0.25) is 0 Å². The van der Waals surface area contributed by atoms with E-state index in [1.165, 1.54) is 30.7 Å². The zero-order valence-electron chi connectivity index (χ0n) is 12.1. The van der Waals surface area contributed by atoms with Gasteiger partial charge in [0.05, 0.1) is 5.69 Å². The third-order valence-corrected chi connectivity index (χ3v) is 5.78. The third kappa shape index (κ3) is 2.92. The number of aromatic nitrogens is 1. The van der Waals surface area contributed by atoms with Crippen LogP contribution in [0.4, 0.5) is 5.13 Å². The SMILES string of the molecule is O=C(O)c1sc(N2CCN(CC3CC3)CC2)nc1C1CC1. The molecular weight excluding hydrogens is 286 g/mol. The average Bonchev–Trinajstić information content (AvgIpc) is 3.40. The zero-order chi connectivity index (χ0) is 14.4. The minimum Gasteiger partial charge on any atom is -0.477 e. The molecule has 1 aromatic heterocycles. The fourth-order valence-electron chi connectivity index (χ4n) is 3.03. The number of carboxylic acid groups (broad SMARTS) is 1. The van der Waals surface area contributed by atoms with Crippen LogP contribution < -0.4 is 4.90 Å². The molecule has 2 saturated carbocycles. The molecule has 1 N–H and O–H groups in total. The van der Waals surface area contributed by atoms with E-state index in [1.54, 1.807) is 0 Å². The molecule has 3 fully saturated rings. The van der Waals surface area contributed by atoms with Gasteiger partial charge in [0.15, 0.2) is 5.13 Å². The van der Waals surface area contributed by atoms with E-state index in [9.17, 15) is 9.90 Å². The number of rotatable bonds is 5. The predicted molar refractivity (Wildman–Crippen MR) is 82.4 cm³/mol. The largest absolute Gasteiger partial charge is 0.477 e. The van der Waals surface area contributed by atoms with Crippen molar-refractivity contribution in [3.05, 3.63) is 10.6 Å². The summed E-state index contributed by atoms with van der Waals surface area (Å²) in [5, 5.41) is 10.3. The van der Waals surface area contributed by atoms with E-state index in [-0.39, 0.29) is 0 Å². The summed E-state index contributed by atoms with van der Waals surface area (Å²) < 4.78 is 0. The van der Waals surface area contributed by atoms with E-state index in [4.69, 9.17) is 0 Å². The number of piperazine rings is 1. The second-order valence-electron chi connectivity index (χ2n) is 6.52. The summed E-state index contributed by atoms with van der Waals surface area (Å²) in [5.41, 5.74) is 0.836. The summed E-state index contributed by atoms with van der Waals surface area (Å²) >= 11 is 1.37. The number of thiazole rings is 1. The number of nitrogens with zero attached hydrogens (tertiary/aromatic N) is 3. The van der Waals surface area contributed by atoms with Crippen molar-refractivity contribution in [3.63, 3.8) is 0 Å². The van der Waals surface area contributed by atoms with Crippen LogP contribution in [0.5, 0.6) is 0 Å². The molecule has 1 aromatic rings. The van der Waals surface area contributed by atoms with Crippen LogP contribution in [0.15, 0.2) is 0 Å². The number of hydrogen-bond donors (Lipinski definition) is 1. The van der Waals surface area contributed by atoms with Crippen molar-refractivity contribution in [3.8, 4) is 0 Å². The Morgan fingerprint density at radius 2 is 1.90 bits per heavy atom. The van der Waals surface area contributed by atoms with Crippen LogP contribution in [0, 0.1) is 5.92 Å². The second-order valence-corrected chi connectivity index (χ2v) is 7.50. The smallest absolute Gasteiger partial charge is 0.347 e. The third-order valence-electron chi connectivity index (χ3n) is 4.66. The van der Waals surface area contributed by atoms with Crippen LogP contribution in [0.3, 0.4) is 0 Å². The quantitative estimate of drug-likeness (QED) is 0.904. The Kier molecular flexibility index (Phi) is 3.38. The van der Waals surface area contributed by atoms with E-state index in [2.05, 4.69) is 14.8 Å². The highest BCUT2D eigenvalue weighted by molar-refractivity contribution is 7.17. The molecule has 0 spiro atoms. The molecule has 0 bridgehead atoms. The first-order valence-electron chi connectivity index (χ1n) is 7.92. The van der Waals surface area contributed by atoms with E-state index in [1.807, 2.05) is 0 Å². The van der Waals surface area contributed by atoms with Gasteiger partial charge in [-0.05, 0) is 31.6 Å². The van der Waals surface area contributed by atoms with Crippen molar-refractivity contribution < 1.29 is 9.90 Å². The monoisotopic (exact) mass is 307 g/mol. The number of carboxylic acids is 1. The standard InChI is InChI=1S/C15H21N3O2S/c19-14(20)13-12(11-3-4-11)16-15(21-13)18-7-5-17(6-8-18)9-10-1-2-10/h10-11H,1-9H2,(H,19,20). The Bertz CT molecular complexity index is 543. The lowest BCUT2D eigenvalue weighted by Crippen LogP contribution is -2.47. The van der Waals surface area contributed by atoms with Gasteiger partial charge >= 0.3 is 5.97 Å². The zero-order valence-corrected chi connectivity index (χ0v) is 12.9. The van der Waals surface area contributed by atoms with Gasteiger partial charge in [-0.25, -0.2) is 9.78 Å². The maximum absolute atomic E-state index is 11.4. The van der Waals surface area contributed by atoms with E-state index in [0.717, 1.165) is 55.8 Å². The first kappa shape index (κ1) is 13.5. The molecule has 5 nitrogen and oxygen atoms in total. The molecule has 0 amide bonds. The fraction of sp³-hybridized carbons (Fsp3) is 0.733. The minimum absolute atomic E-state index is 0.400. The van der Waals surface area contributed by atoms with Gasteiger partial charge in [0.2, 0.25) is 0 Å². The van der Waals surface area contributed by atoms with E-state index >= 15 is 0 Å². The van der Waals surface area contributed by atoms with Crippen molar-refractivity contribution in [2.45, 2.75) is 31.6 Å². The predicted octanol–water partition coefficient (Wildman–Crippen LogP) is 2.25. The molecule has 0 unspecified atom stereocenters. The molecule has 0 atom stereocenters. The van der Waals surface area contributed by atoms with Crippen LogP contribution >= 0.6 is 11.3 Å². The molecule has 4 rings (SSSR count). The number of anilines is 1. The molecule has 3 aliphatic rings. The molecule has 1 saturated heterocycles. The molecule has 21 heavy (non-hydrogen) atoms. The van der Waals surface area contributed by atoms with Crippen molar-refractivity contribution in [2.24, 2.45) is 5.92 Å². The van der Waals surface area contributed by atoms with Crippen molar-refractivity contribution in [2.75, 3.05) is 37.6 Å². The van der Waals surface area contributed by atoms with Crippen molar-refractivity contribution >= 4 is 22.4 Å².